The summed E-state index contributed by atoms with van der Waals surface area (Å²) in [4.78, 5) is 12.4. The van der Waals surface area contributed by atoms with E-state index in [0.29, 0.717) is 22.3 Å². The van der Waals surface area contributed by atoms with E-state index in [1.165, 1.54) is 18.2 Å². The Morgan fingerprint density at radius 3 is 2.83 bits per heavy atom. The number of furan rings is 1. The first-order valence-electron chi connectivity index (χ1n) is 7.19. The second-order valence-electron chi connectivity index (χ2n) is 5.17. The number of aryl methyl sites for hydroxylation is 1. The summed E-state index contributed by atoms with van der Waals surface area (Å²) in [5, 5.41) is 3.65. The Kier molecular flexibility index (Phi) is 4.02. The Balaban J connectivity index is 1.82. The molecule has 2 aromatic carbocycles. The van der Waals surface area contributed by atoms with Crippen LogP contribution in [0.4, 0.5) is 10.1 Å². The van der Waals surface area contributed by atoms with Crippen molar-refractivity contribution in [1.29, 1.82) is 0 Å². The largest absolute Gasteiger partial charge is 0.495 e. The first kappa shape index (κ1) is 15.1. The third kappa shape index (κ3) is 2.90. The van der Waals surface area contributed by atoms with E-state index >= 15 is 0 Å². The maximum absolute atomic E-state index is 13.3. The van der Waals surface area contributed by atoms with Crippen LogP contribution in [0.5, 0.6) is 5.75 Å². The predicted octanol–water partition coefficient (Wildman–Crippen LogP) is 4.18. The van der Waals surface area contributed by atoms with Crippen molar-refractivity contribution in [2.24, 2.45) is 0 Å². The zero-order valence-corrected chi connectivity index (χ0v) is 12.9. The lowest BCUT2D eigenvalue weighted by Crippen LogP contribution is -2.14. The van der Waals surface area contributed by atoms with Gasteiger partial charge in [0.25, 0.3) is 0 Å². The number of carbonyl (C=O) groups is 1. The van der Waals surface area contributed by atoms with E-state index in [1.807, 2.05) is 24.3 Å². The Morgan fingerprint density at radius 2 is 2.04 bits per heavy atom. The van der Waals surface area contributed by atoms with Crippen molar-refractivity contribution >= 4 is 22.4 Å². The number of Topliss-reactive ketones (excluding diaryl/α,β-unsaturated/α-hetero) is 1. The second-order valence-corrected chi connectivity index (χ2v) is 5.17. The third-order valence-electron chi connectivity index (χ3n) is 3.70. The van der Waals surface area contributed by atoms with Gasteiger partial charge in [0, 0.05) is 10.9 Å². The Bertz CT molecular complexity index is 870. The molecule has 0 radical (unpaired) electrons. The lowest BCUT2D eigenvalue weighted by Gasteiger charge is -2.09. The summed E-state index contributed by atoms with van der Waals surface area (Å²) in [7, 11) is 1.57. The molecule has 0 atom stereocenters. The highest BCUT2D eigenvalue weighted by atomic mass is 19.1. The van der Waals surface area contributed by atoms with Crippen molar-refractivity contribution in [1.82, 2.24) is 0 Å². The molecule has 4 nitrogen and oxygen atoms in total. The summed E-state index contributed by atoms with van der Waals surface area (Å²) in [5.74, 6) is 0.342. The van der Waals surface area contributed by atoms with Crippen LogP contribution < -0.4 is 10.1 Å². The van der Waals surface area contributed by atoms with Gasteiger partial charge in [0.15, 0.2) is 5.76 Å². The van der Waals surface area contributed by atoms with Gasteiger partial charge in [-0.25, -0.2) is 4.39 Å². The van der Waals surface area contributed by atoms with Crippen molar-refractivity contribution in [3.63, 3.8) is 0 Å². The van der Waals surface area contributed by atoms with Gasteiger partial charge in [-0.2, -0.15) is 0 Å². The summed E-state index contributed by atoms with van der Waals surface area (Å²) in [6.45, 7) is 1.81. The monoisotopic (exact) mass is 313 g/mol. The quantitative estimate of drug-likeness (QED) is 0.718. The maximum atomic E-state index is 13.3. The number of methoxy groups -OCH3 is 1. The number of hydrogen-bond acceptors (Lipinski definition) is 4. The summed E-state index contributed by atoms with van der Waals surface area (Å²) < 4.78 is 24.1. The molecule has 1 aromatic heterocycles. The van der Waals surface area contributed by atoms with Crippen molar-refractivity contribution in [2.45, 2.75) is 6.92 Å². The fourth-order valence-electron chi connectivity index (χ4n) is 2.51. The van der Waals surface area contributed by atoms with Crippen LogP contribution in [0.1, 0.15) is 16.1 Å². The minimum absolute atomic E-state index is 0.0590. The Hall–Kier alpha value is -2.82. The Labute approximate surface area is 132 Å². The second kappa shape index (κ2) is 6.12. The number of halogens is 1. The minimum atomic E-state index is -0.354. The van der Waals surface area contributed by atoms with Crippen molar-refractivity contribution in [3.05, 3.63) is 59.6 Å². The lowest BCUT2D eigenvalue weighted by molar-refractivity contribution is 0.0981. The number of benzene rings is 2. The molecule has 5 heteroatoms. The zero-order valence-electron chi connectivity index (χ0n) is 12.9. The average molecular weight is 313 g/mol. The summed E-state index contributed by atoms with van der Waals surface area (Å²) in [6, 6.07) is 11.6. The molecule has 1 heterocycles. The number of para-hydroxylation sites is 2. The van der Waals surface area contributed by atoms with E-state index in [0.717, 1.165) is 5.69 Å². The number of nitrogens with one attached hydrogen (secondary N) is 1. The fourth-order valence-corrected chi connectivity index (χ4v) is 2.51. The Morgan fingerprint density at radius 1 is 1.26 bits per heavy atom. The van der Waals surface area contributed by atoms with Gasteiger partial charge in [0.1, 0.15) is 17.1 Å². The van der Waals surface area contributed by atoms with Gasteiger partial charge in [-0.3, -0.25) is 4.79 Å². The van der Waals surface area contributed by atoms with Gasteiger partial charge in [-0.15, -0.1) is 0 Å². The molecule has 1 N–H and O–H groups in total. The topological polar surface area (TPSA) is 51.5 Å². The first-order chi connectivity index (χ1) is 11.1. The highest BCUT2D eigenvalue weighted by molar-refractivity contribution is 6.02. The summed E-state index contributed by atoms with van der Waals surface area (Å²) >= 11 is 0. The molecule has 23 heavy (non-hydrogen) atoms. The van der Waals surface area contributed by atoms with Crippen LogP contribution >= 0.6 is 0 Å². The van der Waals surface area contributed by atoms with E-state index in [-0.39, 0.29) is 23.9 Å². The number of anilines is 1. The molecule has 0 unspecified atom stereocenters. The average Bonchev–Trinajstić information content (AvgIpc) is 2.89. The van der Waals surface area contributed by atoms with Crippen LogP contribution in [0.25, 0.3) is 11.0 Å². The molecule has 0 aliphatic rings. The molecular weight excluding hydrogens is 297 g/mol. The molecule has 0 aliphatic heterocycles. The van der Waals surface area contributed by atoms with E-state index in [9.17, 15) is 9.18 Å². The van der Waals surface area contributed by atoms with Gasteiger partial charge >= 0.3 is 0 Å². The van der Waals surface area contributed by atoms with E-state index < -0.39 is 0 Å². The van der Waals surface area contributed by atoms with Crippen molar-refractivity contribution in [2.75, 3.05) is 19.0 Å². The third-order valence-corrected chi connectivity index (χ3v) is 3.70. The molecule has 3 aromatic rings. The van der Waals surface area contributed by atoms with E-state index in [1.54, 1.807) is 14.0 Å². The first-order valence-corrected chi connectivity index (χ1v) is 7.19. The molecule has 0 saturated carbocycles. The lowest BCUT2D eigenvalue weighted by atomic mass is 10.1. The summed E-state index contributed by atoms with van der Waals surface area (Å²) in [5.41, 5.74) is 1.87. The molecule has 0 fully saturated rings. The SMILES string of the molecule is COc1ccccc1NCC(=O)c1oc2ccc(F)cc2c1C. The molecular formula is C18H16FNO3. The minimum Gasteiger partial charge on any atom is -0.495 e. The van der Waals surface area contributed by atoms with Gasteiger partial charge in [0.2, 0.25) is 5.78 Å². The van der Waals surface area contributed by atoms with Crippen LogP contribution in [-0.2, 0) is 0 Å². The number of carbonyl (C=O) groups excluding carboxylic acids is 1. The highest BCUT2D eigenvalue weighted by Gasteiger charge is 2.18. The number of hydrogen-bond donors (Lipinski definition) is 1. The number of fused-ring (bicyclic) bond motifs is 1. The number of ketones is 1. The standard InChI is InChI=1S/C18H16FNO3/c1-11-13-9-12(19)7-8-16(13)23-18(11)15(21)10-20-14-5-3-4-6-17(14)22-2/h3-9,20H,10H2,1-2H3. The molecule has 0 bridgehead atoms. The normalized spacial score (nSPS) is 10.7. The molecule has 118 valence electrons. The number of ether oxygens (including phenoxy) is 1. The predicted molar refractivity (Wildman–Crippen MR) is 86.7 cm³/mol. The van der Waals surface area contributed by atoms with Crippen molar-refractivity contribution in [3.8, 4) is 5.75 Å². The van der Waals surface area contributed by atoms with Gasteiger partial charge in [0.05, 0.1) is 19.3 Å². The van der Waals surface area contributed by atoms with Crippen LogP contribution in [0.3, 0.4) is 0 Å². The molecule has 3 rings (SSSR count). The van der Waals surface area contributed by atoms with Gasteiger partial charge in [-0.05, 0) is 37.3 Å². The van der Waals surface area contributed by atoms with Crippen molar-refractivity contribution < 1.29 is 18.3 Å². The van der Waals surface area contributed by atoms with Crippen LogP contribution in [-0.4, -0.2) is 19.4 Å². The zero-order chi connectivity index (χ0) is 16.4. The van der Waals surface area contributed by atoms with Gasteiger partial charge < -0.3 is 14.5 Å². The smallest absolute Gasteiger partial charge is 0.217 e. The van der Waals surface area contributed by atoms with Crippen LogP contribution in [0, 0.1) is 12.7 Å². The van der Waals surface area contributed by atoms with Gasteiger partial charge in [-0.1, -0.05) is 12.1 Å². The van der Waals surface area contributed by atoms with E-state index in [4.69, 9.17) is 9.15 Å². The van der Waals surface area contributed by atoms with Crippen LogP contribution in [0.2, 0.25) is 0 Å². The maximum Gasteiger partial charge on any atom is 0.217 e. The number of rotatable bonds is 5. The highest BCUT2D eigenvalue weighted by Crippen LogP contribution is 2.27. The molecule has 0 spiro atoms. The summed E-state index contributed by atoms with van der Waals surface area (Å²) in [6.07, 6.45) is 0. The van der Waals surface area contributed by atoms with Crippen LogP contribution in [0.15, 0.2) is 46.9 Å². The molecule has 0 saturated heterocycles. The molecule has 0 aliphatic carbocycles. The fraction of sp³-hybridized carbons (Fsp3) is 0.167. The van der Waals surface area contributed by atoms with E-state index in [2.05, 4.69) is 5.32 Å². The molecule has 0 amide bonds.